The first-order valence-electron chi connectivity index (χ1n) is 4.93. The van der Waals surface area contributed by atoms with Crippen molar-refractivity contribution >= 4 is 11.6 Å². The van der Waals surface area contributed by atoms with Crippen LogP contribution in [0.1, 0.15) is 27.8 Å². The number of benzene rings is 1. The summed E-state index contributed by atoms with van der Waals surface area (Å²) in [6.07, 6.45) is 1.67. The van der Waals surface area contributed by atoms with Gasteiger partial charge in [0.1, 0.15) is 5.76 Å². The standard InChI is InChI=1S/C13H13ClO/c1-9-3-5-11(6-4-9)13(14)12-7-8-15-10(12)2/h3-8,13H,1-2H3. The highest BCUT2D eigenvalue weighted by Gasteiger charge is 2.14. The summed E-state index contributed by atoms with van der Waals surface area (Å²) in [5, 5.41) is -0.121. The molecule has 2 heteroatoms. The molecule has 0 N–H and O–H groups in total. The van der Waals surface area contributed by atoms with Crippen LogP contribution in [-0.2, 0) is 0 Å². The van der Waals surface area contributed by atoms with Crippen molar-refractivity contribution < 1.29 is 4.42 Å². The van der Waals surface area contributed by atoms with Crippen molar-refractivity contribution in [3.8, 4) is 0 Å². The second kappa shape index (κ2) is 4.11. The number of aryl methyl sites for hydroxylation is 2. The average Bonchev–Trinajstić information content (AvgIpc) is 2.65. The highest BCUT2D eigenvalue weighted by Crippen LogP contribution is 2.31. The molecule has 2 rings (SSSR count). The smallest absolute Gasteiger partial charge is 0.105 e. The van der Waals surface area contributed by atoms with E-state index in [1.165, 1.54) is 5.56 Å². The Labute approximate surface area is 94.7 Å². The molecule has 2 aromatic rings. The Hall–Kier alpha value is -1.21. The van der Waals surface area contributed by atoms with Gasteiger partial charge in [0.05, 0.1) is 11.6 Å². The first kappa shape index (κ1) is 10.3. The molecule has 1 aromatic carbocycles. The van der Waals surface area contributed by atoms with Gasteiger partial charge in [-0.3, -0.25) is 0 Å². The van der Waals surface area contributed by atoms with E-state index in [0.29, 0.717) is 0 Å². The van der Waals surface area contributed by atoms with Crippen molar-refractivity contribution in [2.24, 2.45) is 0 Å². The van der Waals surface area contributed by atoms with Gasteiger partial charge >= 0.3 is 0 Å². The lowest BCUT2D eigenvalue weighted by molar-refractivity contribution is 0.530. The predicted molar refractivity (Wildman–Crippen MR) is 62.3 cm³/mol. The summed E-state index contributed by atoms with van der Waals surface area (Å²) in [6, 6.07) is 10.2. The van der Waals surface area contributed by atoms with E-state index in [0.717, 1.165) is 16.9 Å². The normalized spacial score (nSPS) is 12.7. The lowest BCUT2D eigenvalue weighted by Crippen LogP contribution is -1.93. The van der Waals surface area contributed by atoms with E-state index in [1.54, 1.807) is 6.26 Å². The lowest BCUT2D eigenvalue weighted by atomic mass is 10.0. The van der Waals surface area contributed by atoms with Crippen LogP contribution in [0.3, 0.4) is 0 Å². The zero-order valence-corrected chi connectivity index (χ0v) is 9.58. The quantitative estimate of drug-likeness (QED) is 0.691. The van der Waals surface area contributed by atoms with Gasteiger partial charge in [-0.15, -0.1) is 11.6 Å². The fourth-order valence-corrected chi connectivity index (χ4v) is 1.94. The van der Waals surface area contributed by atoms with Crippen molar-refractivity contribution in [1.29, 1.82) is 0 Å². The van der Waals surface area contributed by atoms with Crippen LogP contribution in [0.4, 0.5) is 0 Å². The summed E-state index contributed by atoms with van der Waals surface area (Å²) in [6.45, 7) is 4.00. The predicted octanol–water partition coefficient (Wildman–Crippen LogP) is 4.22. The fourth-order valence-electron chi connectivity index (χ4n) is 1.57. The van der Waals surface area contributed by atoms with Gasteiger partial charge in [0.15, 0.2) is 0 Å². The van der Waals surface area contributed by atoms with Crippen molar-refractivity contribution in [1.82, 2.24) is 0 Å². The van der Waals surface area contributed by atoms with Crippen LogP contribution in [0, 0.1) is 13.8 Å². The van der Waals surface area contributed by atoms with E-state index in [9.17, 15) is 0 Å². The molecule has 1 aromatic heterocycles. The Balaban J connectivity index is 2.32. The Bertz CT molecular complexity index is 442. The number of rotatable bonds is 2. The maximum atomic E-state index is 6.37. The monoisotopic (exact) mass is 220 g/mol. The van der Waals surface area contributed by atoms with Crippen LogP contribution in [0.15, 0.2) is 41.0 Å². The van der Waals surface area contributed by atoms with E-state index >= 15 is 0 Å². The third-order valence-corrected chi connectivity index (χ3v) is 3.03. The molecular formula is C13H13ClO. The molecular weight excluding hydrogens is 208 g/mol. The SMILES string of the molecule is Cc1ccc(C(Cl)c2ccoc2C)cc1. The molecule has 0 bridgehead atoms. The Morgan fingerprint density at radius 3 is 2.27 bits per heavy atom. The molecule has 78 valence electrons. The summed E-state index contributed by atoms with van der Waals surface area (Å²) in [5.41, 5.74) is 3.39. The number of alkyl halides is 1. The molecule has 0 saturated heterocycles. The van der Waals surface area contributed by atoms with Crippen molar-refractivity contribution in [2.75, 3.05) is 0 Å². The maximum Gasteiger partial charge on any atom is 0.105 e. The molecule has 1 heterocycles. The molecule has 0 aliphatic carbocycles. The van der Waals surface area contributed by atoms with Gasteiger partial charge in [-0.2, -0.15) is 0 Å². The van der Waals surface area contributed by atoms with Gasteiger partial charge in [-0.25, -0.2) is 0 Å². The van der Waals surface area contributed by atoms with Gasteiger partial charge in [-0.1, -0.05) is 29.8 Å². The third kappa shape index (κ3) is 2.07. The van der Waals surface area contributed by atoms with Crippen LogP contribution in [0.5, 0.6) is 0 Å². The minimum atomic E-state index is -0.121. The first-order valence-corrected chi connectivity index (χ1v) is 5.37. The summed E-state index contributed by atoms with van der Waals surface area (Å²) in [7, 11) is 0. The van der Waals surface area contributed by atoms with Crippen molar-refractivity contribution in [3.63, 3.8) is 0 Å². The van der Waals surface area contributed by atoms with Gasteiger partial charge in [0, 0.05) is 5.56 Å². The maximum absolute atomic E-state index is 6.37. The molecule has 0 aliphatic rings. The highest BCUT2D eigenvalue weighted by atomic mass is 35.5. The summed E-state index contributed by atoms with van der Waals surface area (Å²) in [4.78, 5) is 0. The minimum absolute atomic E-state index is 0.121. The average molecular weight is 221 g/mol. The van der Waals surface area contributed by atoms with Crippen molar-refractivity contribution in [2.45, 2.75) is 19.2 Å². The van der Waals surface area contributed by atoms with Gasteiger partial charge < -0.3 is 4.42 Å². The Kier molecular flexibility index (Phi) is 2.83. The molecule has 15 heavy (non-hydrogen) atoms. The van der Waals surface area contributed by atoms with Gasteiger partial charge in [0.2, 0.25) is 0 Å². The first-order chi connectivity index (χ1) is 7.18. The molecule has 1 atom stereocenters. The third-order valence-electron chi connectivity index (χ3n) is 2.54. The minimum Gasteiger partial charge on any atom is -0.469 e. The lowest BCUT2D eigenvalue weighted by Gasteiger charge is -2.08. The molecule has 0 saturated carbocycles. The zero-order chi connectivity index (χ0) is 10.8. The number of furan rings is 1. The van der Waals surface area contributed by atoms with Gasteiger partial charge in [0.25, 0.3) is 0 Å². The van der Waals surface area contributed by atoms with Crippen LogP contribution in [0.25, 0.3) is 0 Å². The molecule has 0 radical (unpaired) electrons. The number of hydrogen-bond donors (Lipinski definition) is 0. The molecule has 0 aliphatic heterocycles. The van der Waals surface area contributed by atoms with Crippen molar-refractivity contribution in [3.05, 3.63) is 59.0 Å². The van der Waals surface area contributed by atoms with Crippen LogP contribution in [0.2, 0.25) is 0 Å². The summed E-state index contributed by atoms with van der Waals surface area (Å²) < 4.78 is 5.25. The van der Waals surface area contributed by atoms with E-state index in [-0.39, 0.29) is 5.38 Å². The fraction of sp³-hybridized carbons (Fsp3) is 0.231. The van der Waals surface area contributed by atoms with E-state index in [4.69, 9.17) is 16.0 Å². The number of hydrogen-bond acceptors (Lipinski definition) is 1. The van der Waals surface area contributed by atoms with Crippen LogP contribution in [-0.4, -0.2) is 0 Å². The second-order valence-electron chi connectivity index (χ2n) is 3.71. The van der Waals surface area contributed by atoms with Crippen LogP contribution < -0.4 is 0 Å². The molecule has 0 fully saturated rings. The zero-order valence-electron chi connectivity index (χ0n) is 8.83. The van der Waals surface area contributed by atoms with E-state index in [2.05, 4.69) is 31.2 Å². The summed E-state index contributed by atoms with van der Waals surface area (Å²) >= 11 is 6.37. The molecule has 0 amide bonds. The van der Waals surface area contributed by atoms with E-state index in [1.807, 2.05) is 13.0 Å². The largest absolute Gasteiger partial charge is 0.469 e. The topological polar surface area (TPSA) is 13.1 Å². The highest BCUT2D eigenvalue weighted by molar-refractivity contribution is 6.22. The molecule has 1 nitrogen and oxygen atoms in total. The number of halogens is 1. The Morgan fingerprint density at radius 1 is 1.07 bits per heavy atom. The summed E-state index contributed by atoms with van der Waals surface area (Å²) in [5.74, 6) is 0.885. The molecule has 0 spiro atoms. The Morgan fingerprint density at radius 2 is 1.73 bits per heavy atom. The van der Waals surface area contributed by atoms with E-state index < -0.39 is 0 Å². The van der Waals surface area contributed by atoms with Gasteiger partial charge in [-0.05, 0) is 25.5 Å². The van der Waals surface area contributed by atoms with Crippen LogP contribution >= 0.6 is 11.6 Å². The second-order valence-corrected chi connectivity index (χ2v) is 4.14. The molecule has 1 unspecified atom stereocenters.